The van der Waals surface area contributed by atoms with E-state index in [0.717, 1.165) is 14.7 Å². The lowest BCUT2D eigenvalue weighted by Gasteiger charge is -2.36. The number of aliphatic hydroxyl groups excluding tert-OH is 1. The Morgan fingerprint density at radius 1 is 1.13 bits per heavy atom. The molecule has 2 aromatic rings. The van der Waals surface area contributed by atoms with Gasteiger partial charge in [-0.15, -0.1) is 0 Å². The molecular formula is C25H34INO4. The lowest BCUT2D eigenvalue weighted by molar-refractivity contribution is -0.0480. The van der Waals surface area contributed by atoms with Crippen LogP contribution in [0.3, 0.4) is 0 Å². The Bertz CT molecular complexity index is 840. The van der Waals surface area contributed by atoms with E-state index < -0.39 is 17.1 Å². The highest BCUT2D eigenvalue weighted by Gasteiger charge is 2.33. The molecule has 0 bridgehead atoms. The summed E-state index contributed by atoms with van der Waals surface area (Å²) in [6, 6.07) is 17.8. The van der Waals surface area contributed by atoms with Gasteiger partial charge in [-0.1, -0.05) is 49.4 Å². The highest BCUT2D eigenvalue weighted by molar-refractivity contribution is 14.1. The maximum Gasteiger partial charge on any atom is 0.409 e. The van der Waals surface area contributed by atoms with Gasteiger partial charge in [0, 0.05) is 22.6 Å². The van der Waals surface area contributed by atoms with Gasteiger partial charge in [0.2, 0.25) is 0 Å². The van der Waals surface area contributed by atoms with Crippen molar-refractivity contribution in [1.82, 2.24) is 4.90 Å². The molecule has 6 heteroatoms. The molecule has 2 atom stereocenters. The maximum atomic E-state index is 12.3. The summed E-state index contributed by atoms with van der Waals surface area (Å²) in [6.45, 7) is 8.91. The number of ether oxygens (including phenoxy) is 2. The van der Waals surface area contributed by atoms with Crippen molar-refractivity contribution in [2.45, 2.75) is 57.8 Å². The van der Waals surface area contributed by atoms with Crippen molar-refractivity contribution in [3.63, 3.8) is 0 Å². The average molecular weight is 539 g/mol. The molecule has 1 amide bonds. The van der Waals surface area contributed by atoms with Crippen LogP contribution in [-0.2, 0) is 21.5 Å². The van der Waals surface area contributed by atoms with Crippen LogP contribution in [0.2, 0.25) is 0 Å². The van der Waals surface area contributed by atoms with Crippen molar-refractivity contribution in [1.29, 1.82) is 0 Å². The Morgan fingerprint density at radius 2 is 1.81 bits per heavy atom. The third kappa shape index (κ3) is 7.77. The minimum absolute atomic E-state index is 0.244. The molecule has 170 valence electrons. The Kier molecular flexibility index (Phi) is 9.33. The summed E-state index contributed by atoms with van der Waals surface area (Å²) in [5, 5.41) is 10.5. The molecule has 0 radical (unpaired) electrons. The molecular weight excluding hydrogens is 505 g/mol. The van der Waals surface area contributed by atoms with Crippen LogP contribution in [0.4, 0.5) is 4.79 Å². The number of amides is 1. The van der Waals surface area contributed by atoms with Gasteiger partial charge < -0.3 is 19.5 Å². The van der Waals surface area contributed by atoms with E-state index in [2.05, 4.69) is 41.6 Å². The number of aliphatic hydroxyl groups is 1. The summed E-state index contributed by atoms with van der Waals surface area (Å²) in [5.74, 6) is 0. The number of hydrogen-bond donors (Lipinski definition) is 1. The molecule has 0 aliphatic carbocycles. The molecule has 0 spiro atoms. The van der Waals surface area contributed by atoms with Crippen LogP contribution in [-0.4, -0.2) is 48.0 Å². The van der Waals surface area contributed by atoms with E-state index in [1.807, 2.05) is 63.2 Å². The van der Waals surface area contributed by atoms with Crippen molar-refractivity contribution >= 4 is 28.7 Å². The SMILES string of the molecule is CC(O)C(C)(CCOC(C)(C)CN(C)C(=O)OCc1ccccc1)c1cccc(I)c1. The van der Waals surface area contributed by atoms with Crippen LogP contribution < -0.4 is 0 Å². The van der Waals surface area contributed by atoms with Crippen molar-refractivity contribution in [2.75, 3.05) is 20.2 Å². The van der Waals surface area contributed by atoms with Crippen molar-refractivity contribution < 1.29 is 19.4 Å². The Labute approximate surface area is 199 Å². The second-order valence-electron chi connectivity index (χ2n) is 8.86. The largest absolute Gasteiger partial charge is 0.445 e. The normalized spacial score (nSPS) is 14.5. The summed E-state index contributed by atoms with van der Waals surface area (Å²) in [4.78, 5) is 13.9. The Balaban J connectivity index is 1.88. The molecule has 2 aromatic carbocycles. The number of likely N-dealkylation sites (N-methyl/N-ethyl adjacent to an activating group) is 1. The monoisotopic (exact) mass is 539 g/mol. The number of carbonyl (C=O) groups is 1. The standard InChI is InChI=1S/C25H34INO4/c1-19(28)25(4,21-12-9-13-22(26)16-21)14-15-31-24(2,3)18-27(5)23(29)30-17-20-10-7-6-8-11-20/h6-13,16,19,28H,14-15,17-18H2,1-5H3. The minimum atomic E-state index is -0.550. The smallest absolute Gasteiger partial charge is 0.409 e. The first-order valence-corrected chi connectivity index (χ1v) is 11.6. The lowest BCUT2D eigenvalue weighted by atomic mass is 9.75. The van der Waals surface area contributed by atoms with Gasteiger partial charge in [-0.25, -0.2) is 4.79 Å². The topological polar surface area (TPSA) is 59.0 Å². The third-order valence-corrected chi connectivity index (χ3v) is 6.33. The summed E-state index contributed by atoms with van der Waals surface area (Å²) in [6.07, 6.45) is -0.239. The lowest BCUT2D eigenvalue weighted by Crippen LogP contribution is -2.43. The van der Waals surface area contributed by atoms with E-state index in [1.165, 1.54) is 4.90 Å². The van der Waals surface area contributed by atoms with Crippen LogP contribution in [0.1, 0.15) is 45.2 Å². The molecule has 0 fully saturated rings. The zero-order chi connectivity index (χ0) is 23.1. The molecule has 2 unspecified atom stereocenters. The fourth-order valence-corrected chi connectivity index (χ4v) is 4.03. The second-order valence-corrected chi connectivity index (χ2v) is 10.1. The van der Waals surface area contributed by atoms with E-state index in [9.17, 15) is 9.90 Å². The number of carbonyl (C=O) groups excluding carboxylic acids is 1. The van der Waals surface area contributed by atoms with Gasteiger partial charge in [0.25, 0.3) is 0 Å². The molecule has 5 nitrogen and oxygen atoms in total. The highest BCUT2D eigenvalue weighted by Crippen LogP contribution is 2.33. The molecule has 2 rings (SSSR count). The van der Waals surface area contributed by atoms with Gasteiger partial charge in [0.1, 0.15) is 6.61 Å². The number of benzene rings is 2. The fraction of sp³-hybridized carbons (Fsp3) is 0.480. The highest BCUT2D eigenvalue weighted by atomic mass is 127. The van der Waals surface area contributed by atoms with Crippen molar-refractivity contribution in [3.8, 4) is 0 Å². The maximum absolute atomic E-state index is 12.3. The molecule has 1 N–H and O–H groups in total. The summed E-state index contributed by atoms with van der Waals surface area (Å²) >= 11 is 2.29. The number of halogens is 1. The van der Waals surface area contributed by atoms with Crippen molar-refractivity contribution in [3.05, 3.63) is 69.3 Å². The Morgan fingerprint density at radius 3 is 2.42 bits per heavy atom. The second kappa shape index (κ2) is 11.3. The van der Waals surface area contributed by atoms with Crippen LogP contribution in [0.15, 0.2) is 54.6 Å². The number of rotatable bonds is 10. The van der Waals surface area contributed by atoms with Crippen LogP contribution >= 0.6 is 22.6 Å². The quantitative estimate of drug-likeness (QED) is 0.412. The summed E-state index contributed by atoms with van der Waals surface area (Å²) in [5.41, 5.74) is 1.08. The van der Waals surface area contributed by atoms with E-state index in [0.29, 0.717) is 19.6 Å². The molecule has 0 aliphatic rings. The van der Waals surface area contributed by atoms with Gasteiger partial charge >= 0.3 is 6.09 Å². The van der Waals surface area contributed by atoms with E-state index in [-0.39, 0.29) is 12.7 Å². The van der Waals surface area contributed by atoms with Gasteiger partial charge in [0.15, 0.2) is 0 Å². The molecule has 0 heterocycles. The zero-order valence-corrected chi connectivity index (χ0v) is 21.3. The van der Waals surface area contributed by atoms with E-state index in [1.54, 1.807) is 7.05 Å². The number of nitrogens with zero attached hydrogens (tertiary/aromatic N) is 1. The van der Waals surface area contributed by atoms with Crippen LogP contribution in [0.5, 0.6) is 0 Å². The van der Waals surface area contributed by atoms with E-state index >= 15 is 0 Å². The molecule has 31 heavy (non-hydrogen) atoms. The summed E-state index contributed by atoms with van der Waals surface area (Å²) in [7, 11) is 1.71. The van der Waals surface area contributed by atoms with Gasteiger partial charge in [0.05, 0.1) is 18.2 Å². The molecule has 0 aliphatic heterocycles. The third-order valence-electron chi connectivity index (χ3n) is 5.66. The first kappa shape index (κ1) is 25.6. The zero-order valence-electron chi connectivity index (χ0n) is 19.1. The van der Waals surface area contributed by atoms with Crippen molar-refractivity contribution in [2.24, 2.45) is 0 Å². The van der Waals surface area contributed by atoms with Crippen LogP contribution in [0, 0.1) is 3.57 Å². The first-order valence-electron chi connectivity index (χ1n) is 10.5. The minimum Gasteiger partial charge on any atom is -0.445 e. The predicted octanol–water partition coefficient (Wildman–Crippen LogP) is 5.38. The van der Waals surface area contributed by atoms with Gasteiger partial charge in [-0.05, 0) is 73.0 Å². The number of hydrogen-bond acceptors (Lipinski definition) is 4. The predicted molar refractivity (Wildman–Crippen MR) is 132 cm³/mol. The average Bonchev–Trinajstić information content (AvgIpc) is 2.72. The van der Waals surface area contributed by atoms with Gasteiger partial charge in [-0.2, -0.15) is 0 Å². The first-order chi connectivity index (χ1) is 14.5. The molecule has 0 saturated heterocycles. The van der Waals surface area contributed by atoms with Crippen LogP contribution in [0.25, 0.3) is 0 Å². The van der Waals surface area contributed by atoms with Gasteiger partial charge in [-0.3, -0.25) is 0 Å². The molecule has 0 saturated carbocycles. The molecule has 0 aromatic heterocycles. The fourth-order valence-electron chi connectivity index (χ4n) is 3.49. The summed E-state index contributed by atoms with van der Waals surface area (Å²) < 4.78 is 12.7. The van der Waals surface area contributed by atoms with E-state index in [4.69, 9.17) is 9.47 Å². The Hall–Kier alpha value is -1.64.